The first-order chi connectivity index (χ1) is 14.2. The molecule has 4 aromatic carbocycles. The Kier molecular flexibility index (Phi) is 2.81. The third kappa shape index (κ3) is 2.01. The predicted molar refractivity (Wildman–Crippen MR) is 119 cm³/mol. The summed E-state index contributed by atoms with van der Waals surface area (Å²) in [6.07, 6.45) is 4.32. The van der Waals surface area contributed by atoms with Gasteiger partial charge in [0.1, 0.15) is 0 Å². The molecule has 0 saturated heterocycles. The monoisotopic (exact) mass is 372 g/mol. The Balaban J connectivity index is 1.76. The number of hydrogen-bond donors (Lipinski definition) is 0. The highest BCUT2D eigenvalue weighted by atomic mass is 14.8. The van der Waals surface area contributed by atoms with Gasteiger partial charge in [0.2, 0.25) is 0 Å². The van der Waals surface area contributed by atoms with Crippen LogP contribution in [0.3, 0.4) is 0 Å². The maximum absolute atomic E-state index is 5.16. The van der Waals surface area contributed by atoms with Gasteiger partial charge in [-0.2, -0.15) is 0 Å². The molecule has 5 aromatic rings. The van der Waals surface area contributed by atoms with E-state index in [1.54, 1.807) is 0 Å². The zero-order valence-corrected chi connectivity index (χ0v) is 16.3. The maximum Gasteiger partial charge on any atom is 0.0979 e. The van der Waals surface area contributed by atoms with Gasteiger partial charge in [0, 0.05) is 16.3 Å². The average Bonchev–Trinajstić information content (AvgIpc) is 3.42. The van der Waals surface area contributed by atoms with E-state index in [1.807, 2.05) is 6.20 Å². The van der Waals surface area contributed by atoms with E-state index in [0.717, 1.165) is 28.7 Å². The second-order valence-corrected chi connectivity index (χ2v) is 8.95. The van der Waals surface area contributed by atoms with Crippen molar-refractivity contribution >= 4 is 32.6 Å². The van der Waals surface area contributed by atoms with Gasteiger partial charge in [-0.25, -0.2) is 4.98 Å². The molecule has 2 atom stereocenters. The van der Waals surface area contributed by atoms with E-state index in [0.29, 0.717) is 5.92 Å². The molecule has 0 N–H and O–H groups in total. The average molecular weight is 372 g/mol. The normalized spacial score (nSPS) is 22.2. The first-order valence-electron chi connectivity index (χ1n) is 10.4. The van der Waals surface area contributed by atoms with E-state index in [9.17, 15) is 0 Å². The van der Waals surface area contributed by atoms with Crippen molar-refractivity contribution in [2.24, 2.45) is 5.92 Å². The minimum Gasteiger partial charge on any atom is -0.252 e. The third-order valence-corrected chi connectivity index (χ3v) is 7.28. The molecule has 3 aliphatic rings. The molecular formula is C27H20N2. The van der Waals surface area contributed by atoms with Crippen LogP contribution in [0.1, 0.15) is 24.5 Å². The molecule has 138 valence electrons. The molecule has 2 heteroatoms. The van der Waals surface area contributed by atoms with Gasteiger partial charge in [-0.15, -0.1) is 0 Å². The molecule has 2 aliphatic heterocycles. The first kappa shape index (κ1) is 15.6. The highest BCUT2D eigenvalue weighted by molar-refractivity contribution is 6.24. The Labute approximate surface area is 169 Å². The number of hydrogen-bond acceptors (Lipinski definition) is 2. The fourth-order valence-electron chi connectivity index (χ4n) is 5.55. The molecule has 8 rings (SSSR count). The van der Waals surface area contributed by atoms with Crippen molar-refractivity contribution in [3.8, 4) is 11.3 Å². The lowest BCUT2D eigenvalue weighted by atomic mass is 9.86. The van der Waals surface area contributed by atoms with E-state index >= 15 is 0 Å². The van der Waals surface area contributed by atoms with Crippen molar-refractivity contribution < 1.29 is 0 Å². The van der Waals surface area contributed by atoms with Crippen LogP contribution in [0.5, 0.6) is 0 Å². The van der Waals surface area contributed by atoms with Crippen LogP contribution in [-0.2, 0) is 11.8 Å². The summed E-state index contributed by atoms with van der Waals surface area (Å²) in [7, 11) is 0. The van der Waals surface area contributed by atoms with Crippen LogP contribution in [0.25, 0.3) is 43.8 Å². The maximum atomic E-state index is 5.16. The molecule has 3 heterocycles. The lowest BCUT2D eigenvalue weighted by Crippen LogP contribution is -2.08. The largest absolute Gasteiger partial charge is 0.252 e. The Bertz CT molecular complexity index is 1480. The summed E-state index contributed by atoms with van der Waals surface area (Å²) >= 11 is 0. The Hall–Kier alpha value is -3.26. The van der Waals surface area contributed by atoms with Gasteiger partial charge in [-0.05, 0) is 52.1 Å². The van der Waals surface area contributed by atoms with Crippen LogP contribution < -0.4 is 0 Å². The fourth-order valence-corrected chi connectivity index (χ4v) is 5.55. The molecule has 2 nitrogen and oxygen atoms in total. The second-order valence-electron chi connectivity index (χ2n) is 8.95. The van der Waals surface area contributed by atoms with Gasteiger partial charge >= 0.3 is 0 Å². The highest BCUT2D eigenvalue weighted by Crippen LogP contribution is 2.58. The topological polar surface area (TPSA) is 25.8 Å². The fraction of sp³-hybridized carbons (Fsp3) is 0.185. The van der Waals surface area contributed by atoms with Gasteiger partial charge < -0.3 is 0 Å². The van der Waals surface area contributed by atoms with E-state index < -0.39 is 0 Å². The second kappa shape index (κ2) is 5.21. The Morgan fingerprint density at radius 3 is 2.62 bits per heavy atom. The minimum atomic E-state index is 0.199. The van der Waals surface area contributed by atoms with Crippen molar-refractivity contribution in [3.63, 3.8) is 0 Å². The zero-order valence-electron chi connectivity index (χ0n) is 16.3. The van der Waals surface area contributed by atoms with E-state index in [-0.39, 0.29) is 5.41 Å². The summed E-state index contributed by atoms with van der Waals surface area (Å²) in [5.41, 5.74) is 7.22. The number of rotatable bonds is 0. The molecule has 1 aromatic heterocycles. The van der Waals surface area contributed by atoms with E-state index in [1.165, 1.54) is 39.1 Å². The third-order valence-electron chi connectivity index (χ3n) is 7.28. The molecule has 6 bridgehead atoms. The van der Waals surface area contributed by atoms with E-state index in [4.69, 9.17) is 9.97 Å². The summed E-state index contributed by atoms with van der Waals surface area (Å²) in [6.45, 7) is 2.44. The highest BCUT2D eigenvalue weighted by Gasteiger charge is 2.51. The SMILES string of the molecule is CC12C[C@@H]1Cc1cccc(c1)-c1cnc3c(n1)c1ccccc1c1cccc2c13. The zero-order chi connectivity index (χ0) is 19.2. The molecular weight excluding hydrogens is 352 g/mol. The minimum absolute atomic E-state index is 0.199. The molecule has 0 amide bonds. The Morgan fingerprint density at radius 1 is 0.862 bits per heavy atom. The first-order valence-corrected chi connectivity index (χ1v) is 10.4. The summed E-state index contributed by atoms with van der Waals surface area (Å²) in [5, 5.41) is 5.06. The van der Waals surface area contributed by atoms with Gasteiger partial charge in [0.05, 0.1) is 22.9 Å². The van der Waals surface area contributed by atoms with Crippen LogP contribution in [0.4, 0.5) is 0 Å². The van der Waals surface area contributed by atoms with Crippen LogP contribution >= 0.6 is 0 Å². The van der Waals surface area contributed by atoms with Crippen LogP contribution in [0.2, 0.25) is 0 Å². The number of benzene rings is 4. The molecule has 1 saturated carbocycles. The van der Waals surface area contributed by atoms with Crippen LogP contribution in [0, 0.1) is 5.92 Å². The summed E-state index contributed by atoms with van der Waals surface area (Å²) < 4.78 is 0. The molecule has 0 spiro atoms. The molecule has 1 aliphatic carbocycles. The van der Waals surface area contributed by atoms with Crippen molar-refractivity contribution in [3.05, 3.63) is 84.1 Å². The van der Waals surface area contributed by atoms with E-state index in [2.05, 4.69) is 73.7 Å². The van der Waals surface area contributed by atoms with Gasteiger partial charge in [-0.1, -0.05) is 67.6 Å². The smallest absolute Gasteiger partial charge is 0.0979 e. The predicted octanol–water partition coefficient (Wildman–Crippen LogP) is 6.44. The van der Waals surface area contributed by atoms with Gasteiger partial charge in [0.15, 0.2) is 0 Å². The molecule has 1 fully saturated rings. The quantitative estimate of drug-likeness (QED) is 0.292. The van der Waals surface area contributed by atoms with Crippen molar-refractivity contribution in [1.29, 1.82) is 0 Å². The van der Waals surface area contributed by atoms with Crippen molar-refractivity contribution in [1.82, 2.24) is 9.97 Å². The van der Waals surface area contributed by atoms with Crippen molar-refractivity contribution in [2.45, 2.75) is 25.2 Å². The Morgan fingerprint density at radius 2 is 1.69 bits per heavy atom. The van der Waals surface area contributed by atoms with Gasteiger partial charge in [-0.3, -0.25) is 4.98 Å². The number of nitrogens with zero attached hydrogens (tertiary/aromatic N) is 2. The number of fused-ring (bicyclic) bond motifs is 3. The number of aromatic nitrogens is 2. The van der Waals surface area contributed by atoms with Crippen LogP contribution in [0.15, 0.2) is 72.9 Å². The van der Waals surface area contributed by atoms with Crippen molar-refractivity contribution in [2.75, 3.05) is 0 Å². The molecule has 1 unspecified atom stereocenters. The lowest BCUT2D eigenvalue weighted by Gasteiger charge is -2.19. The standard InChI is InChI=1S/C27H20N2/c1-27-14-18(27)13-16-6-4-7-17(12-16)23-15-28-26-24-20(10-5-11-22(24)27)19-8-2-3-9-21(19)25(26)29-23/h2-12,15,18H,13-14H2,1H3/t18-,27?/m0/s1. The summed E-state index contributed by atoms with van der Waals surface area (Å²) in [5.74, 6) is 0.675. The lowest BCUT2D eigenvalue weighted by molar-refractivity contribution is 0.661. The summed E-state index contributed by atoms with van der Waals surface area (Å²) in [4.78, 5) is 10.2. The van der Waals surface area contributed by atoms with Crippen LogP contribution in [-0.4, -0.2) is 9.97 Å². The molecule has 0 radical (unpaired) electrons. The molecule has 29 heavy (non-hydrogen) atoms. The summed E-state index contributed by atoms with van der Waals surface area (Å²) in [6, 6.07) is 24.4. The van der Waals surface area contributed by atoms with Gasteiger partial charge in [0.25, 0.3) is 0 Å².